The van der Waals surface area contributed by atoms with Gasteiger partial charge in [-0.1, -0.05) is 78.5 Å². The molecule has 1 N–H and O–H groups in total. The predicted molar refractivity (Wildman–Crippen MR) is 115 cm³/mol. The van der Waals surface area contributed by atoms with Gasteiger partial charge in [0.05, 0.1) is 18.3 Å². The number of aromatic nitrogens is 4. The third kappa shape index (κ3) is 4.81. The number of hydrogen-bond acceptors (Lipinski definition) is 5. The van der Waals surface area contributed by atoms with Crippen molar-refractivity contribution in [1.29, 1.82) is 0 Å². The van der Waals surface area contributed by atoms with E-state index < -0.39 is 0 Å². The summed E-state index contributed by atoms with van der Waals surface area (Å²) in [6.07, 6.45) is 0. The van der Waals surface area contributed by atoms with E-state index in [2.05, 4.69) is 51.2 Å². The second-order valence-electron chi connectivity index (χ2n) is 6.79. The molecule has 0 aliphatic rings. The molecule has 0 spiro atoms. The van der Waals surface area contributed by atoms with Gasteiger partial charge in [-0.25, -0.2) is 4.68 Å². The molecule has 0 aliphatic heterocycles. The Morgan fingerprint density at radius 2 is 1.79 bits per heavy atom. The highest BCUT2D eigenvalue weighted by molar-refractivity contribution is 7.99. The number of carbonyl (C=O) groups is 1. The Bertz CT molecular complexity index is 1110. The average Bonchev–Trinajstić information content (AvgIpc) is 3.19. The van der Waals surface area contributed by atoms with Crippen molar-refractivity contribution in [3.63, 3.8) is 0 Å². The van der Waals surface area contributed by atoms with Gasteiger partial charge in [-0.05, 0) is 45.3 Å². The molecule has 0 saturated carbocycles. The number of carbonyl (C=O) groups excluding carboxylic acids is 1. The zero-order chi connectivity index (χ0) is 20.1. The molecule has 3 aromatic carbocycles. The Morgan fingerprint density at radius 3 is 2.62 bits per heavy atom. The van der Waals surface area contributed by atoms with E-state index in [-0.39, 0.29) is 17.7 Å². The number of rotatable bonds is 7. The highest BCUT2D eigenvalue weighted by atomic mass is 32.2. The zero-order valence-corrected chi connectivity index (χ0v) is 16.8. The molecule has 7 heteroatoms. The topological polar surface area (TPSA) is 72.7 Å². The molecule has 0 bridgehead atoms. The molecule has 1 aromatic heterocycles. The average molecular weight is 404 g/mol. The molecule has 0 saturated heterocycles. The Morgan fingerprint density at radius 1 is 1.03 bits per heavy atom. The fraction of sp³-hybridized carbons (Fsp3) is 0.182. The highest BCUT2D eigenvalue weighted by Gasteiger charge is 2.13. The summed E-state index contributed by atoms with van der Waals surface area (Å²) in [5.74, 6) is 0.206. The second kappa shape index (κ2) is 8.87. The number of tetrazole rings is 1. The molecular formula is C22H21N5OS. The molecular weight excluding hydrogens is 382 g/mol. The highest BCUT2D eigenvalue weighted by Crippen LogP contribution is 2.21. The van der Waals surface area contributed by atoms with Gasteiger partial charge in [-0.3, -0.25) is 4.79 Å². The van der Waals surface area contributed by atoms with Crippen molar-refractivity contribution in [2.45, 2.75) is 24.7 Å². The minimum absolute atomic E-state index is 0.0510. The van der Waals surface area contributed by atoms with Crippen LogP contribution in [0.4, 0.5) is 0 Å². The standard InChI is InChI=1S/C22H21N5OS/c1-16(19-12-11-18-9-5-6-10-20(18)13-19)23-21(28)15-29-22-24-25-26-27(22)14-17-7-3-2-4-8-17/h2-13,16H,14-15H2,1H3,(H,23,28). The number of thioether (sulfide) groups is 1. The molecule has 1 atom stereocenters. The zero-order valence-electron chi connectivity index (χ0n) is 16.0. The van der Waals surface area contributed by atoms with E-state index in [1.54, 1.807) is 4.68 Å². The molecule has 1 unspecified atom stereocenters. The number of nitrogens with one attached hydrogen (secondary N) is 1. The quantitative estimate of drug-likeness (QED) is 0.475. The Balaban J connectivity index is 1.35. The van der Waals surface area contributed by atoms with Gasteiger partial charge in [-0.15, -0.1) is 5.10 Å². The van der Waals surface area contributed by atoms with Crippen LogP contribution < -0.4 is 5.32 Å². The van der Waals surface area contributed by atoms with E-state index in [4.69, 9.17) is 0 Å². The summed E-state index contributed by atoms with van der Waals surface area (Å²) in [5, 5.41) is 17.9. The maximum absolute atomic E-state index is 12.4. The van der Waals surface area contributed by atoms with Gasteiger partial charge in [-0.2, -0.15) is 0 Å². The van der Waals surface area contributed by atoms with Crippen molar-refractivity contribution >= 4 is 28.4 Å². The van der Waals surface area contributed by atoms with Crippen LogP contribution in [0, 0.1) is 0 Å². The summed E-state index contributed by atoms with van der Waals surface area (Å²) in [4.78, 5) is 12.4. The van der Waals surface area contributed by atoms with Gasteiger partial charge < -0.3 is 5.32 Å². The molecule has 4 rings (SSSR count). The van der Waals surface area contributed by atoms with E-state index in [9.17, 15) is 4.79 Å². The maximum atomic E-state index is 12.4. The van der Waals surface area contributed by atoms with E-state index >= 15 is 0 Å². The summed E-state index contributed by atoms with van der Waals surface area (Å²) in [6, 6.07) is 24.4. The van der Waals surface area contributed by atoms with E-state index in [0.29, 0.717) is 11.7 Å². The Labute approximate surface area is 173 Å². The molecule has 0 aliphatic carbocycles. The molecule has 1 amide bonds. The monoisotopic (exact) mass is 403 g/mol. The molecule has 29 heavy (non-hydrogen) atoms. The number of fused-ring (bicyclic) bond motifs is 1. The van der Waals surface area contributed by atoms with Crippen molar-refractivity contribution in [2.75, 3.05) is 5.75 Å². The molecule has 146 valence electrons. The van der Waals surface area contributed by atoms with Gasteiger partial charge in [0.1, 0.15) is 0 Å². The lowest BCUT2D eigenvalue weighted by atomic mass is 10.0. The van der Waals surface area contributed by atoms with Crippen LogP contribution in [0.25, 0.3) is 10.8 Å². The van der Waals surface area contributed by atoms with Crippen LogP contribution in [-0.2, 0) is 11.3 Å². The van der Waals surface area contributed by atoms with Gasteiger partial charge in [0.15, 0.2) is 0 Å². The van der Waals surface area contributed by atoms with Crippen LogP contribution in [0.2, 0.25) is 0 Å². The van der Waals surface area contributed by atoms with Gasteiger partial charge in [0, 0.05) is 0 Å². The summed E-state index contributed by atoms with van der Waals surface area (Å²) in [5.41, 5.74) is 2.19. The number of benzene rings is 3. The van der Waals surface area contributed by atoms with Crippen LogP contribution >= 0.6 is 11.8 Å². The maximum Gasteiger partial charge on any atom is 0.230 e. The normalized spacial score (nSPS) is 12.0. The van der Waals surface area contributed by atoms with E-state index in [1.807, 2.05) is 49.4 Å². The predicted octanol–water partition coefficient (Wildman–Crippen LogP) is 3.84. The fourth-order valence-corrected chi connectivity index (χ4v) is 3.82. The molecule has 0 radical (unpaired) electrons. The first kappa shape index (κ1) is 19.1. The summed E-state index contributed by atoms with van der Waals surface area (Å²) >= 11 is 1.34. The fourth-order valence-electron chi connectivity index (χ4n) is 3.13. The smallest absolute Gasteiger partial charge is 0.230 e. The summed E-state index contributed by atoms with van der Waals surface area (Å²) in [7, 11) is 0. The van der Waals surface area contributed by atoms with Crippen molar-refractivity contribution in [2.24, 2.45) is 0 Å². The van der Waals surface area contributed by atoms with Gasteiger partial charge in [0.25, 0.3) is 0 Å². The largest absolute Gasteiger partial charge is 0.349 e. The number of hydrogen-bond donors (Lipinski definition) is 1. The van der Waals surface area contributed by atoms with Crippen LogP contribution in [0.1, 0.15) is 24.1 Å². The van der Waals surface area contributed by atoms with Crippen LogP contribution in [0.15, 0.2) is 78.0 Å². The van der Waals surface area contributed by atoms with E-state index in [0.717, 1.165) is 11.1 Å². The van der Waals surface area contributed by atoms with E-state index in [1.165, 1.54) is 22.5 Å². The first-order chi connectivity index (χ1) is 14.2. The lowest BCUT2D eigenvalue weighted by Crippen LogP contribution is -2.28. The Hall–Kier alpha value is -3.19. The third-order valence-corrected chi connectivity index (χ3v) is 5.61. The van der Waals surface area contributed by atoms with Gasteiger partial charge >= 0.3 is 0 Å². The third-order valence-electron chi connectivity index (χ3n) is 4.66. The first-order valence-corrected chi connectivity index (χ1v) is 10.4. The van der Waals surface area contributed by atoms with Crippen LogP contribution in [0.5, 0.6) is 0 Å². The molecule has 4 aromatic rings. The number of amides is 1. The van der Waals surface area contributed by atoms with Crippen molar-refractivity contribution in [1.82, 2.24) is 25.5 Å². The van der Waals surface area contributed by atoms with Crippen molar-refractivity contribution < 1.29 is 4.79 Å². The van der Waals surface area contributed by atoms with Gasteiger partial charge in [0.2, 0.25) is 11.1 Å². The lowest BCUT2D eigenvalue weighted by molar-refractivity contribution is -0.119. The van der Waals surface area contributed by atoms with Crippen LogP contribution in [0.3, 0.4) is 0 Å². The SMILES string of the molecule is CC(NC(=O)CSc1nnnn1Cc1ccccc1)c1ccc2ccccc2c1. The first-order valence-electron chi connectivity index (χ1n) is 9.40. The van der Waals surface area contributed by atoms with Crippen LogP contribution in [-0.4, -0.2) is 31.9 Å². The second-order valence-corrected chi connectivity index (χ2v) is 7.73. The summed E-state index contributed by atoms with van der Waals surface area (Å²) in [6.45, 7) is 2.57. The minimum Gasteiger partial charge on any atom is -0.349 e. The molecule has 1 heterocycles. The molecule has 6 nitrogen and oxygen atoms in total. The lowest BCUT2D eigenvalue weighted by Gasteiger charge is -2.15. The molecule has 0 fully saturated rings. The summed E-state index contributed by atoms with van der Waals surface area (Å²) < 4.78 is 1.71. The Kier molecular flexibility index (Phi) is 5.86. The number of nitrogens with zero attached hydrogens (tertiary/aromatic N) is 4. The van der Waals surface area contributed by atoms with Crippen molar-refractivity contribution in [3.8, 4) is 0 Å². The minimum atomic E-state index is -0.0759. The van der Waals surface area contributed by atoms with Crippen molar-refractivity contribution in [3.05, 3.63) is 83.9 Å².